The summed E-state index contributed by atoms with van der Waals surface area (Å²) in [6.07, 6.45) is 1.50. The maximum Gasteiger partial charge on any atom is 0.487 e. The maximum atomic E-state index is 11.9. The number of fused-ring (bicyclic) bond motifs is 1. The fraction of sp³-hybridized carbons (Fsp3) is 0.308. The van der Waals surface area contributed by atoms with E-state index in [0.29, 0.717) is 5.39 Å². The summed E-state index contributed by atoms with van der Waals surface area (Å²) in [7, 11) is 0. The van der Waals surface area contributed by atoms with E-state index in [1.165, 1.54) is 6.20 Å². The second-order valence-electron chi connectivity index (χ2n) is 5.05. The first-order valence-corrected chi connectivity index (χ1v) is 5.81. The Kier molecular flexibility index (Phi) is 3.25. The maximum absolute atomic E-state index is 11.9. The molecule has 100 valence electrons. The van der Waals surface area contributed by atoms with E-state index >= 15 is 0 Å². The molecule has 19 heavy (non-hydrogen) atoms. The molecule has 0 amide bonds. The Morgan fingerprint density at radius 3 is 2.63 bits per heavy atom. The van der Waals surface area contributed by atoms with E-state index in [0.717, 1.165) is 5.52 Å². The van der Waals surface area contributed by atoms with Gasteiger partial charge in [0.1, 0.15) is 4.91 Å². The van der Waals surface area contributed by atoms with Crippen molar-refractivity contribution >= 4 is 16.9 Å². The van der Waals surface area contributed by atoms with Crippen molar-refractivity contribution in [3.63, 3.8) is 0 Å². The summed E-state index contributed by atoms with van der Waals surface area (Å²) in [5.41, 5.74) is 0.347. The fourth-order valence-electron chi connectivity index (χ4n) is 1.60. The Morgan fingerprint density at radius 2 is 1.95 bits per heavy atom. The van der Waals surface area contributed by atoms with E-state index in [4.69, 9.17) is 4.84 Å². The second kappa shape index (κ2) is 4.72. The molecule has 0 aliphatic heterocycles. The molecule has 1 aromatic carbocycles. The number of carbonyl (C=O) groups excluding carboxylic acids is 1. The van der Waals surface area contributed by atoms with Crippen LogP contribution in [0.4, 0.5) is 0 Å². The standard InChI is InChI=1S/C13H14N2O4/c1-13(2,3)19-15(17)18-12(16)10-8-14-11-7-5-4-6-9(10)11/h4-8H,1-3H3/p+1. The molecule has 0 fully saturated rings. The summed E-state index contributed by atoms with van der Waals surface area (Å²) in [6, 6.07) is 7.24. The highest BCUT2D eigenvalue weighted by Crippen LogP contribution is 2.18. The molecule has 0 saturated heterocycles. The van der Waals surface area contributed by atoms with Crippen LogP contribution in [0, 0.1) is 4.91 Å². The molecule has 6 heteroatoms. The topological polar surface area (TPSA) is 71.4 Å². The van der Waals surface area contributed by atoms with Gasteiger partial charge in [0.05, 0.1) is 5.56 Å². The van der Waals surface area contributed by atoms with Crippen LogP contribution in [0.25, 0.3) is 10.9 Å². The quantitative estimate of drug-likeness (QED) is 0.864. The third-order valence-corrected chi connectivity index (χ3v) is 2.32. The lowest BCUT2D eigenvalue weighted by Gasteiger charge is -2.07. The van der Waals surface area contributed by atoms with Crippen LogP contribution in [0.15, 0.2) is 30.5 Å². The monoisotopic (exact) mass is 263 g/mol. The average Bonchev–Trinajstić information content (AvgIpc) is 2.69. The number of hydrogen-bond acceptors (Lipinski definition) is 4. The Hall–Kier alpha value is -2.37. The number of aromatic amines is 1. The number of carbonyl (C=O) groups is 1. The van der Waals surface area contributed by atoms with Crippen LogP contribution in [0.2, 0.25) is 0 Å². The molecule has 1 N–H and O–H groups in total. The summed E-state index contributed by atoms with van der Waals surface area (Å²) < 4.78 is 0. The molecule has 0 aliphatic carbocycles. The number of benzene rings is 1. The summed E-state index contributed by atoms with van der Waals surface area (Å²) >= 11 is 0. The molecule has 2 aromatic rings. The van der Waals surface area contributed by atoms with Crippen molar-refractivity contribution in [3.8, 4) is 0 Å². The van der Waals surface area contributed by atoms with Gasteiger partial charge in [-0.05, 0) is 26.8 Å². The molecule has 2 rings (SSSR count). The number of H-pyrrole nitrogens is 1. The van der Waals surface area contributed by atoms with Crippen molar-refractivity contribution in [2.45, 2.75) is 26.4 Å². The second-order valence-corrected chi connectivity index (χ2v) is 5.05. The zero-order valence-corrected chi connectivity index (χ0v) is 11.0. The first kappa shape index (κ1) is 13.1. The van der Waals surface area contributed by atoms with Crippen LogP contribution in [-0.2, 0) is 9.68 Å². The summed E-state index contributed by atoms with van der Waals surface area (Å²) in [6.45, 7) is 5.03. The molecule has 1 aromatic heterocycles. The van der Waals surface area contributed by atoms with E-state index in [1.54, 1.807) is 32.9 Å². The van der Waals surface area contributed by atoms with Crippen molar-refractivity contribution in [2.24, 2.45) is 0 Å². The molecule has 0 spiro atoms. The van der Waals surface area contributed by atoms with Crippen LogP contribution in [0.1, 0.15) is 31.1 Å². The van der Waals surface area contributed by atoms with Crippen molar-refractivity contribution < 1.29 is 19.6 Å². The van der Waals surface area contributed by atoms with Crippen molar-refractivity contribution in [1.29, 1.82) is 0 Å². The van der Waals surface area contributed by atoms with Gasteiger partial charge in [0.25, 0.3) is 0 Å². The normalized spacial score (nSPS) is 11.3. The highest BCUT2D eigenvalue weighted by atomic mass is 17.0. The van der Waals surface area contributed by atoms with Gasteiger partial charge in [0, 0.05) is 17.1 Å². The van der Waals surface area contributed by atoms with E-state index in [1.807, 2.05) is 12.1 Å². The van der Waals surface area contributed by atoms with Gasteiger partial charge in [-0.3, -0.25) is 0 Å². The first-order valence-electron chi connectivity index (χ1n) is 5.81. The summed E-state index contributed by atoms with van der Waals surface area (Å²) in [4.78, 5) is 35.5. The Labute approximate surface area is 109 Å². The smallest absolute Gasteiger partial charge is 0.360 e. The van der Waals surface area contributed by atoms with Crippen LogP contribution >= 0.6 is 0 Å². The minimum Gasteiger partial charge on any atom is -0.360 e. The van der Waals surface area contributed by atoms with Crippen molar-refractivity contribution in [3.05, 3.63) is 40.9 Å². The molecule has 0 saturated carbocycles. The number of rotatable bonds is 3. The molecular formula is C13H15N2O4+. The van der Waals surface area contributed by atoms with Crippen LogP contribution in [0.3, 0.4) is 0 Å². The third kappa shape index (κ3) is 3.09. The molecule has 0 aliphatic rings. The number of hydrogen-bond donors (Lipinski definition) is 1. The zero-order valence-electron chi connectivity index (χ0n) is 11.0. The van der Waals surface area contributed by atoms with Gasteiger partial charge in [0.2, 0.25) is 0 Å². The van der Waals surface area contributed by atoms with Gasteiger partial charge in [-0.1, -0.05) is 23.0 Å². The van der Waals surface area contributed by atoms with Gasteiger partial charge < -0.3 is 4.98 Å². The van der Waals surface area contributed by atoms with Gasteiger partial charge in [-0.15, -0.1) is 0 Å². The van der Waals surface area contributed by atoms with Crippen LogP contribution in [0.5, 0.6) is 0 Å². The number of nitrogens with one attached hydrogen (secondary N) is 1. The average molecular weight is 263 g/mol. The van der Waals surface area contributed by atoms with E-state index in [9.17, 15) is 9.70 Å². The number of nitrogens with zero attached hydrogens (tertiary/aromatic N) is 1. The predicted octanol–water partition coefficient (Wildman–Crippen LogP) is 2.75. The summed E-state index contributed by atoms with van der Waals surface area (Å²) in [5.74, 6) is -0.767. The minimum absolute atomic E-state index is 0.163. The lowest BCUT2D eigenvalue weighted by molar-refractivity contribution is -0.974. The van der Waals surface area contributed by atoms with Gasteiger partial charge >= 0.3 is 11.1 Å². The Bertz CT molecular complexity index is 625. The third-order valence-electron chi connectivity index (χ3n) is 2.32. The SMILES string of the molecule is CC(C)(C)O[N+](=O)OC(=O)c1c[nH]c2ccccc12. The first-order chi connectivity index (χ1) is 8.87. The molecule has 0 bridgehead atoms. The van der Waals surface area contributed by atoms with Crippen molar-refractivity contribution in [1.82, 2.24) is 4.98 Å². The molecule has 0 radical (unpaired) electrons. The molecule has 1 heterocycles. The van der Waals surface area contributed by atoms with E-state index in [2.05, 4.69) is 9.82 Å². The van der Waals surface area contributed by atoms with Gasteiger partial charge in [-0.25, -0.2) is 4.79 Å². The predicted molar refractivity (Wildman–Crippen MR) is 68.2 cm³/mol. The van der Waals surface area contributed by atoms with Crippen molar-refractivity contribution in [2.75, 3.05) is 0 Å². The molecule has 0 atom stereocenters. The van der Waals surface area contributed by atoms with Crippen LogP contribution in [-0.4, -0.2) is 21.6 Å². The molecular weight excluding hydrogens is 248 g/mol. The number of para-hydroxylation sites is 1. The number of aromatic nitrogens is 1. The fourth-order valence-corrected chi connectivity index (χ4v) is 1.60. The van der Waals surface area contributed by atoms with Gasteiger partial charge in [0.15, 0.2) is 5.60 Å². The Morgan fingerprint density at radius 1 is 1.26 bits per heavy atom. The highest BCUT2D eigenvalue weighted by molar-refractivity contribution is 6.03. The van der Waals surface area contributed by atoms with E-state index in [-0.39, 0.29) is 10.7 Å². The lowest BCUT2D eigenvalue weighted by Crippen LogP contribution is -2.27. The molecule has 6 nitrogen and oxygen atoms in total. The summed E-state index contributed by atoms with van der Waals surface area (Å²) in [5, 5.41) is 0.529. The zero-order chi connectivity index (χ0) is 14.0. The van der Waals surface area contributed by atoms with Crippen LogP contribution < -0.4 is 0 Å². The Balaban J connectivity index is 2.14. The highest BCUT2D eigenvalue weighted by Gasteiger charge is 2.30. The van der Waals surface area contributed by atoms with Gasteiger partial charge in [-0.2, -0.15) is 4.84 Å². The lowest BCUT2D eigenvalue weighted by atomic mass is 10.2. The minimum atomic E-state index is -0.767. The molecule has 0 unspecified atom stereocenters. The largest absolute Gasteiger partial charge is 0.487 e. The van der Waals surface area contributed by atoms with E-state index < -0.39 is 11.6 Å².